The first-order chi connectivity index (χ1) is 15.4. The quantitative estimate of drug-likeness (QED) is 0.635. The van der Waals surface area contributed by atoms with E-state index in [1.165, 1.54) is 5.56 Å². The maximum atomic E-state index is 12.7. The maximum Gasteiger partial charge on any atom is 0.254 e. The summed E-state index contributed by atoms with van der Waals surface area (Å²) in [6.45, 7) is 6.63. The third kappa shape index (κ3) is 6.18. The molecule has 32 heavy (non-hydrogen) atoms. The van der Waals surface area contributed by atoms with E-state index in [1.807, 2.05) is 38.2 Å². The number of allylic oxidation sites excluding steroid dienone is 1. The highest BCUT2D eigenvalue weighted by Crippen LogP contribution is 2.22. The summed E-state index contributed by atoms with van der Waals surface area (Å²) in [5.74, 6) is -0.893. The van der Waals surface area contributed by atoms with E-state index in [2.05, 4.69) is 44.7 Å². The fraction of sp³-hybridized carbons (Fsp3) is 0.360. The van der Waals surface area contributed by atoms with Crippen molar-refractivity contribution in [1.82, 2.24) is 20.5 Å². The molecule has 0 fully saturated rings. The zero-order valence-electron chi connectivity index (χ0n) is 19.2. The molecule has 0 bridgehead atoms. The smallest absolute Gasteiger partial charge is 0.254 e. The van der Waals surface area contributed by atoms with Crippen molar-refractivity contribution in [3.05, 3.63) is 65.5 Å². The summed E-state index contributed by atoms with van der Waals surface area (Å²) in [6, 6.07) is 10.1. The molecular weight excluding hydrogens is 402 g/mol. The number of hydrogen-bond donors (Lipinski definition) is 2. The van der Waals surface area contributed by atoms with Gasteiger partial charge in [-0.15, -0.1) is 0 Å². The van der Waals surface area contributed by atoms with Crippen LogP contribution in [0, 0.1) is 5.92 Å². The van der Waals surface area contributed by atoms with Gasteiger partial charge in [-0.3, -0.25) is 14.6 Å². The van der Waals surface area contributed by atoms with Crippen LogP contribution in [0.2, 0.25) is 0 Å². The van der Waals surface area contributed by atoms with Crippen molar-refractivity contribution < 1.29 is 9.59 Å². The minimum Gasteiger partial charge on any atom is -0.351 e. The number of carbonyl (C=O) groups excluding carboxylic acids is 2. The summed E-state index contributed by atoms with van der Waals surface area (Å²) < 4.78 is 0. The molecule has 2 N–H and O–H groups in total. The molecule has 1 aliphatic heterocycles. The number of nitrogens with one attached hydrogen (secondary N) is 2. The van der Waals surface area contributed by atoms with Crippen molar-refractivity contribution in [3.8, 4) is 11.1 Å². The standard InChI is InChI=1S/C25H31N5O2/c1-17-10-18(2)29-25(32)23(17)15-28-24(31)22-12-21(13-27-14-22)20-7-5-6-19(11-20)16-30(4)9-8-26-3/h5-7,10-14,23,26H,8-9,15-16H2,1-4H3,(H,28,31). The lowest BCUT2D eigenvalue weighted by Crippen LogP contribution is -2.34. The Morgan fingerprint density at radius 1 is 1.16 bits per heavy atom. The van der Waals surface area contributed by atoms with Gasteiger partial charge in [0, 0.05) is 49.8 Å². The van der Waals surface area contributed by atoms with Gasteiger partial charge in [0.2, 0.25) is 0 Å². The average molecular weight is 434 g/mol. The normalized spacial score (nSPS) is 16.0. The zero-order valence-corrected chi connectivity index (χ0v) is 19.2. The molecule has 0 saturated heterocycles. The van der Waals surface area contributed by atoms with E-state index in [0.717, 1.165) is 36.3 Å². The van der Waals surface area contributed by atoms with Gasteiger partial charge in [-0.1, -0.05) is 23.8 Å². The second-order valence-corrected chi connectivity index (χ2v) is 8.25. The van der Waals surface area contributed by atoms with Gasteiger partial charge >= 0.3 is 0 Å². The minimum atomic E-state index is -0.421. The number of pyridine rings is 1. The molecule has 2 heterocycles. The zero-order chi connectivity index (χ0) is 23.1. The average Bonchev–Trinajstić information content (AvgIpc) is 2.77. The Labute approximate surface area is 189 Å². The van der Waals surface area contributed by atoms with Crippen LogP contribution in [0.3, 0.4) is 0 Å². The molecule has 0 aliphatic carbocycles. The van der Waals surface area contributed by atoms with Crippen molar-refractivity contribution in [3.63, 3.8) is 0 Å². The number of hydrogen-bond acceptors (Lipinski definition) is 5. The second-order valence-electron chi connectivity index (χ2n) is 8.25. The molecule has 1 atom stereocenters. The SMILES string of the molecule is CNCCN(C)Cc1cccc(-c2cncc(C(=O)NCC3C(=O)N=C(C)C=C3C)c2)c1. The Kier molecular flexibility index (Phi) is 8.03. The first kappa shape index (κ1) is 23.5. The van der Waals surface area contributed by atoms with Crippen LogP contribution in [-0.4, -0.2) is 61.1 Å². The van der Waals surface area contributed by atoms with E-state index < -0.39 is 5.92 Å². The van der Waals surface area contributed by atoms with Crippen LogP contribution in [0.15, 0.2) is 59.4 Å². The molecule has 0 radical (unpaired) electrons. The van der Waals surface area contributed by atoms with Crippen LogP contribution in [-0.2, 0) is 11.3 Å². The number of aromatic nitrogens is 1. The van der Waals surface area contributed by atoms with Gasteiger partial charge < -0.3 is 15.5 Å². The van der Waals surface area contributed by atoms with Crippen LogP contribution < -0.4 is 10.6 Å². The Hall–Kier alpha value is -3.16. The van der Waals surface area contributed by atoms with E-state index in [9.17, 15) is 9.59 Å². The van der Waals surface area contributed by atoms with Gasteiger partial charge in [-0.25, -0.2) is 4.99 Å². The number of benzene rings is 1. The lowest BCUT2D eigenvalue weighted by Gasteiger charge is -2.19. The molecule has 2 aromatic rings. The Bertz CT molecular complexity index is 1040. The molecular formula is C25H31N5O2. The van der Waals surface area contributed by atoms with Crippen LogP contribution in [0.25, 0.3) is 11.1 Å². The highest BCUT2D eigenvalue weighted by Gasteiger charge is 2.24. The van der Waals surface area contributed by atoms with Crippen LogP contribution in [0.5, 0.6) is 0 Å². The predicted molar refractivity (Wildman–Crippen MR) is 128 cm³/mol. The molecule has 3 rings (SSSR count). The molecule has 7 nitrogen and oxygen atoms in total. The fourth-order valence-electron chi connectivity index (χ4n) is 3.72. The Morgan fingerprint density at radius 2 is 1.97 bits per heavy atom. The van der Waals surface area contributed by atoms with Crippen molar-refractivity contribution >= 4 is 17.5 Å². The summed E-state index contributed by atoms with van der Waals surface area (Å²) in [7, 11) is 4.04. The third-order valence-corrected chi connectivity index (χ3v) is 5.49. The van der Waals surface area contributed by atoms with E-state index in [1.54, 1.807) is 19.3 Å². The molecule has 1 aliphatic rings. The molecule has 168 valence electrons. The third-order valence-electron chi connectivity index (χ3n) is 5.49. The van der Waals surface area contributed by atoms with E-state index >= 15 is 0 Å². The Morgan fingerprint density at radius 3 is 2.72 bits per heavy atom. The highest BCUT2D eigenvalue weighted by molar-refractivity contribution is 6.06. The molecule has 1 aromatic carbocycles. The van der Waals surface area contributed by atoms with Gasteiger partial charge in [0.05, 0.1) is 11.5 Å². The van der Waals surface area contributed by atoms with Crippen molar-refractivity contribution in [2.45, 2.75) is 20.4 Å². The lowest BCUT2D eigenvalue weighted by molar-refractivity contribution is -0.120. The van der Waals surface area contributed by atoms with E-state index in [0.29, 0.717) is 11.3 Å². The molecule has 7 heteroatoms. The molecule has 1 aromatic heterocycles. The number of amides is 2. The predicted octanol–water partition coefficient (Wildman–Crippen LogP) is 2.69. The summed E-state index contributed by atoms with van der Waals surface area (Å²) >= 11 is 0. The second kappa shape index (κ2) is 10.9. The number of carbonyl (C=O) groups is 2. The monoisotopic (exact) mass is 433 g/mol. The number of dihydropyridines is 1. The Balaban J connectivity index is 1.67. The van der Waals surface area contributed by atoms with Gasteiger partial charge in [0.25, 0.3) is 11.8 Å². The molecule has 0 spiro atoms. The van der Waals surface area contributed by atoms with Gasteiger partial charge in [-0.05, 0) is 57.3 Å². The van der Waals surface area contributed by atoms with Crippen LogP contribution in [0.4, 0.5) is 0 Å². The summed E-state index contributed by atoms with van der Waals surface area (Å²) in [4.78, 5) is 35.4. The van der Waals surface area contributed by atoms with E-state index in [-0.39, 0.29) is 18.4 Å². The van der Waals surface area contributed by atoms with Crippen LogP contribution in [0.1, 0.15) is 29.8 Å². The highest BCUT2D eigenvalue weighted by atomic mass is 16.2. The topological polar surface area (TPSA) is 86.7 Å². The summed E-state index contributed by atoms with van der Waals surface area (Å²) in [5.41, 5.74) is 5.15. The molecule has 2 amide bonds. The van der Waals surface area contributed by atoms with Crippen LogP contribution >= 0.6 is 0 Å². The largest absolute Gasteiger partial charge is 0.351 e. The number of nitrogens with zero attached hydrogens (tertiary/aromatic N) is 3. The molecule has 0 saturated carbocycles. The summed E-state index contributed by atoms with van der Waals surface area (Å²) in [6.07, 6.45) is 5.18. The number of aliphatic imine (C=N–C) groups is 1. The first-order valence-corrected chi connectivity index (χ1v) is 10.8. The van der Waals surface area contributed by atoms with Crippen molar-refractivity contribution in [1.29, 1.82) is 0 Å². The number of rotatable bonds is 9. The van der Waals surface area contributed by atoms with Crippen molar-refractivity contribution in [2.24, 2.45) is 10.9 Å². The van der Waals surface area contributed by atoms with Gasteiger partial charge in [-0.2, -0.15) is 0 Å². The lowest BCUT2D eigenvalue weighted by atomic mass is 9.95. The van der Waals surface area contributed by atoms with E-state index in [4.69, 9.17) is 0 Å². The molecule has 1 unspecified atom stereocenters. The fourth-order valence-corrected chi connectivity index (χ4v) is 3.72. The summed E-state index contributed by atoms with van der Waals surface area (Å²) in [5, 5.41) is 6.02. The van der Waals surface area contributed by atoms with Gasteiger partial charge in [0.1, 0.15) is 0 Å². The maximum absolute atomic E-state index is 12.7. The van der Waals surface area contributed by atoms with Gasteiger partial charge in [0.15, 0.2) is 0 Å². The number of likely N-dealkylation sites (N-methyl/N-ethyl adjacent to an activating group) is 2. The van der Waals surface area contributed by atoms with Crippen molar-refractivity contribution in [2.75, 3.05) is 33.7 Å². The first-order valence-electron chi connectivity index (χ1n) is 10.8. The minimum absolute atomic E-state index is 0.217.